The lowest BCUT2D eigenvalue weighted by Gasteiger charge is -2.20. The third-order valence-electron chi connectivity index (χ3n) is 3.39. The number of hydrogen-bond acceptors (Lipinski definition) is 4. The number of ether oxygens (including phenoxy) is 1. The molecule has 0 fully saturated rings. The van der Waals surface area contributed by atoms with Crippen molar-refractivity contribution in [3.8, 4) is 0 Å². The van der Waals surface area contributed by atoms with Gasteiger partial charge in [-0.15, -0.1) is 0 Å². The van der Waals surface area contributed by atoms with Crippen LogP contribution in [0.25, 0.3) is 0 Å². The summed E-state index contributed by atoms with van der Waals surface area (Å²) in [5, 5.41) is 8.65. The molecule has 0 atom stereocenters. The van der Waals surface area contributed by atoms with Crippen molar-refractivity contribution in [1.82, 2.24) is 16.0 Å². The Morgan fingerprint density at radius 1 is 1.00 bits per heavy atom. The second kappa shape index (κ2) is 9.57. The van der Waals surface area contributed by atoms with Crippen LogP contribution >= 0.6 is 0 Å². The molecule has 3 N–H and O–H groups in total. The lowest BCUT2D eigenvalue weighted by atomic mass is 9.97. The molecule has 0 aliphatic heterocycles. The molecule has 2 amide bonds. The summed E-state index contributed by atoms with van der Waals surface area (Å²) in [6.45, 7) is 13.8. The molecule has 0 aliphatic carbocycles. The van der Waals surface area contributed by atoms with Crippen LogP contribution in [0.4, 0.5) is 4.79 Å². The van der Waals surface area contributed by atoms with Crippen molar-refractivity contribution < 1.29 is 14.3 Å². The van der Waals surface area contributed by atoms with Gasteiger partial charge in [0.05, 0.1) is 6.54 Å². The van der Waals surface area contributed by atoms with Gasteiger partial charge >= 0.3 is 6.09 Å². The Morgan fingerprint density at radius 3 is 2.27 bits per heavy atom. The van der Waals surface area contributed by atoms with E-state index in [1.165, 1.54) is 0 Å². The van der Waals surface area contributed by atoms with E-state index in [4.69, 9.17) is 4.74 Å². The summed E-state index contributed by atoms with van der Waals surface area (Å²) < 4.78 is 5.17. The highest BCUT2D eigenvalue weighted by atomic mass is 16.5. The number of nitrogens with one attached hydrogen (secondary N) is 3. The van der Waals surface area contributed by atoms with Gasteiger partial charge in [0, 0.05) is 18.6 Å². The summed E-state index contributed by atoms with van der Waals surface area (Å²) in [4.78, 5) is 23.4. The van der Waals surface area contributed by atoms with Gasteiger partial charge in [0.15, 0.2) is 0 Å². The van der Waals surface area contributed by atoms with Crippen molar-refractivity contribution in [3.63, 3.8) is 0 Å². The standard InChI is InChI=1S/C20H33N3O3/c1-19(2,3)14-22-17(24)12-21-18(25)26-13-16-9-7-8-15(10-16)11-23-20(4,5)6/h7-10,23H,11-14H2,1-6H3,(H,21,25)(H,22,24). The Hall–Kier alpha value is -2.08. The Labute approximate surface area is 157 Å². The van der Waals surface area contributed by atoms with E-state index in [1.807, 2.05) is 45.0 Å². The van der Waals surface area contributed by atoms with Gasteiger partial charge in [0.25, 0.3) is 0 Å². The normalized spacial score (nSPS) is 11.8. The molecule has 26 heavy (non-hydrogen) atoms. The van der Waals surface area contributed by atoms with Gasteiger partial charge in [0.1, 0.15) is 6.61 Å². The Balaban J connectivity index is 2.35. The average molecular weight is 364 g/mol. The number of carbonyl (C=O) groups excluding carboxylic acids is 2. The fourth-order valence-electron chi connectivity index (χ4n) is 1.98. The minimum atomic E-state index is -0.603. The van der Waals surface area contributed by atoms with Gasteiger partial charge in [-0.05, 0) is 37.3 Å². The highest BCUT2D eigenvalue weighted by Gasteiger charge is 2.13. The molecule has 0 spiro atoms. The fraction of sp³-hybridized carbons (Fsp3) is 0.600. The van der Waals surface area contributed by atoms with Crippen molar-refractivity contribution in [3.05, 3.63) is 35.4 Å². The van der Waals surface area contributed by atoms with Crippen LogP contribution in [-0.4, -0.2) is 30.6 Å². The van der Waals surface area contributed by atoms with E-state index < -0.39 is 6.09 Å². The van der Waals surface area contributed by atoms with Crippen LogP contribution in [0.3, 0.4) is 0 Å². The molecule has 146 valence electrons. The average Bonchev–Trinajstić information content (AvgIpc) is 2.53. The fourth-order valence-corrected chi connectivity index (χ4v) is 1.98. The second-order valence-electron chi connectivity index (χ2n) is 8.69. The number of carbonyl (C=O) groups is 2. The molecule has 0 unspecified atom stereocenters. The summed E-state index contributed by atoms with van der Waals surface area (Å²) in [6.07, 6.45) is -0.603. The van der Waals surface area contributed by atoms with Gasteiger partial charge in [-0.1, -0.05) is 45.0 Å². The van der Waals surface area contributed by atoms with E-state index in [2.05, 4.69) is 36.7 Å². The van der Waals surface area contributed by atoms with E-state index in [-0.39, 0.29) is 30.0 Å². The molecule has 1 aromatic carbocycles. The van der Waals surface area contributed by atoms with Gasteiger partial charge in [-0.25, -0.2) is 4.79 Å². The molecule has 0 saturated carbocycles. The lowest BCUT2D eigenvalue weighted by molar-refractivity contribution is -0.120. The summed E-state index contributed by atoms with van der Waals surface area (Å²) in [5.74, 6) is -0.230. The number of amides is 2. The molecule has 0 aromatic heterocycles. The quantitative estimate of drug-likeness (QED) is 0.696. The van der Waals surface area contributed by atoms with Crippen molar-refractivity contribution >= 4 is 12.0 Å². The zero-order valence-corrected chi connectivity index (χ0v) is 16.9. The van der Waals surface area contributed by atoms with E-state index in [0.717, 1.165) is 17.7 Å². The van der Waals surface area contributed by atoms with Crippen molar-refractivity contribution in [1.29, 1.82) is 0 Å². The minimum Gasteiger partial charge on any atom is -0.445 e. The number of hydrogen-bond donors (Lipinski definition) is 3. The van der Waals surface area contributed by atoms with Gasteiger partial charge in [-0.2, -0.15) is 0 Å². The van der Waals surface area contributed by atoms with Crippen LogP contribution in [-0.2, 0) is 22.7 Å². The van der Waals surface area contributed by atoms with Crippen LogP contribution in [0, 0.1) is 5.41 Å². The molecule has 6 heteroatoms. The predicted octanol–water partition coefficient (Wildman–Crippen LogP) is 2.96. The highest BCUT2D eigenvalue weighted by Crippen LogP contribution is 2.10. The maximum absolute atomic E-state index is 11.7. The smallest absolute Gasteiger partial charge is 0.407 e. The van der Waals surface area contributed by atoms with Crippen LogP contribution in [0.15, 0.2) is 24.3 Å². The first-order chi connectivity index (χ1) is 11.9. The summed E-state index contributed by atoms with van der Waals surface area (Å²) in [6, 6.07) is 7.88. The third-order valence-corrected chi connectivity index (χ3v) is 3.39. The number of benzene rings is 1. The zero-order valence-electron chi connectivity index (χ0n) is 16.9. The first-order valence-corrected chi connectivity index (χ1v) is 8.95. The Morgan fingerprint density at radius 2 is 1.65 bits per heavy atom. The molecule has 0 heterocycles. The molecule has 0 aliphatic rings. The number of rotatable bonds is 7. The SMILES string of the molecule is CC(C)(C)CNC(=O)CNC(=O)OCc1cccc(CNC(C)(C)C)c1. The molecule has 0 radical (unpaired) electrons. The maximum Gasteiger partial charge on any atom is 0.407 e. The summed E-state index contributed by atoms with van der Waals surface area (Å²) in [5.41, 5.74) is 2.08. The molecular weight excluding hydrogens is 330 g/mol. The predicted molar refractivity (Wildman–Crippen MR) is 104 cm³/mol. The zero-order chi connectivity index (χ0) is 19.8. The van der Waals surface area contributed by atoms with Gasteiger partial charge < -0.3 is 20.7 Å². The Kier molecular flexibility index (Phi) is 8.08. The largest absolute Gasteiger partial charge is 0.445 e. The topological polar surface area (TPSA) is 79.5 Å². The molecular formula is C20H33N3O3. The van der Waals surface area contributed by atoms with E-state index in [0.29, 0.717) is 6.54 Å². The van der Waals surface area contributed by atoms with Crippen LogP contribution < -0.4 is 16.0 Å². The van der Waals surface area contributed by atoms with Gasteiger partial charge in [-0.3, -0.25) is 4.79 Å². The minimum absolute atomic E-state index is 0.00301. The van der Waals surface area contributed by atoms with E-state index in [1.54, 1.807) is 0 Å². The molecule has 0 bridgehead atoms. The first kappa shape index (κ1) is 22.0. The van der Waals surface area contributed by atoms with Crippen molar-refractivity contribution in [2.45, 2.75) is 60.2 Å². The van der Waals surface area contributed by atoms with E-state index in [9.17, 15) is 9.59 Å². The maximum atomic E-state index is 11.7. The molecule has 1 aromatic rings. The molecule has 1 rings (SSSR count). The van der Waals surface area contributed by atoms with Crippen molar-refractivity contribution in [2.24, 2.45) is 5.41 Å². The highest BCUT2D eigenvalue weighted by molar-refractivity contribution is 5.82. The van der Waals surface area contributed by atoms with Crippen LogP contribution in [0.1, 0.15) is 52.7 Å². The second-order valence-corrected chi connectivity index (χ2v) is 8.69. The van der Waals surface area contributed by atoms with Crippen LogP contribution in [0.2, 0.25) is 0 Å². The monoisotopic (exact) mass is 363 g/mol. The van der Waals surface area contributed by atoms with Crippen LogP contribution in [0.5, 0.6) is 0 Å². The first-order valence-electron chi connectivity index (χ1n) is 8.95. The van der Waals surface area contributed by atoms with E-state index >= 15 is 0 Å². The Bertz CT molecular complexity index is 601. The molecule has 6 nitrogen and oxygen atoms in total. The summed E-state index contributed by atoms with van der Waals surface area (Å²) in [7, 11) is 0. The van der Waals surface area contributed by atoms with Crippen molar-refractivity contribution in [2.75, 3.05) is 13.1 Å². The molecule has 0 saturated heterocycles. The third kappa shape index (κ3) is 10.7. The lowest BCUT2D eigenvalue weighted by Crippen LogP contribution is -2.40. The summed E-state index contributed by atoms with van der Waals surface area (Å²) >= 11 is 0. The van der Waals surface area contributed by atoms with Gasteiger partial charge in [0.2, 0.25) is 5.91 Å². The number of alkyl carbamates (subject to hydrolysis) is 1.